The third-order valence-corrected chi connectivity index (χ3v) is 5.95. The molecule has 2 heterocycles. The van der Waals surface area contributed by atoms with Crippen molar-refractivity contribution >= 4 is 5.91 Å². The van der Waals surface area contributed by atoms with E-state index in [1.807, 2.05) is 4.90 Å². The quantitative estimate of drug-likeness (QED) is 0.929. The lowest BCUT2D eigenvalue weighted by atomic mass is 9.64. The average molecular weight is 316 g/mol. The van der Waals surface area contributed by atoms with Gasteiger partial charge in [0.05, 0.1) is 0 Å². The van der Waals surface area contributed by atoms with E-state index in [0.717, 1.165) is 52.0 Å². The molecule has 1 amide bonds. The molecule has 2 fully saturated rings. The Bertz CT molecular complexity index is 523. The highest BCUT2D eigenvalue weighted by atomic mass is 16.3. The van der Waals surface area contributed by atoms with Crippen LogP contribution in [0.1, 0.15) is 31.7 Å². The minimum absolute atomic E-state index is 0.139. The number of carbonyl (C=O) groups is 1. The maximum Gasteiger partial charge on any atom is 0.219 e. The van der Waals surface area contributed by atoms with Gasteiger partial charge in [0.1, 0.15) is 0 Å². The van der Waals surface area contributed by atoms with E-state index in [-0.39, 0.29) is 23.8 Å². The molecule has 1 atom stereocenters. The summed E-state index contributed by atoms with van der Waals surface area (Å²) in [5.41, 5.74) is 1.60. The minimum Gasteiger partial charge on any atom is -0.396 e. The van der Waals surface area contributed by atoms with Crippen molar-refractivity contribution in [2.24, 2.45) is 11.3 Å². The molecule has 1 N–H and O–H groups in total. The number of rotatable bonds is 3. The third-order valence-electron chi connectivity index (χ3n) is 5.95. The van der Waals surface area contributed by atoms with Crippen LogP contribution in [0.4, 0.5) is 0 Å². The first-order valence-electron chi connectivity index (χ1n) is 8.76. The number of aliphatic hydroxyl groups is 1. The van der Waals surface area contributed by atoms with Gasteiger partial charge in [-0.1, -0.05) is 30.3 Å². The Morgan fingerprint density at radius 2 is 1.83 bits per heavy atom. The normalized spacial score (nSPS) is 24.8. The molecule has 126 valence electrons. The second-order valence-corrected chi connectivity index (χ2v) is 7.22. The van der Waals surface area contributed by atoms with Gasteiger partial charge in [0.15, 0.2) is 0 Å². The van der Waals surface area contributed by atoms with Gasteiger partial charge in [-0.05, 0) is 43.3 Å². The van der Waals surface area contributed by atoms with Crippen LogP contribution >= 0.6 is 0 Å². The average Bonchev–Trinajstić information content (AvgIpc) is 2.58. The number of nitrogens with zero attached hydrogens (tertiary/aromatic N) is 2. The summed E-state index contributed by atoms with van der Waals surface area (Å²) in [5, 5.41) is 9.86. The molecule has 2 saturated heterocycles. The Kier molecular flexibility index (Phi) is 5.02. The Hall–Kier alpha value is -1.39. The minimum atomic E-state index is 0.139. The van der Waals surface area contributed by atoms with Gasteiger partial charge >= 0.3 is 0 Å². The maximum atomic E-state index is 11.6. The fourth-order valence-corrected chi connectivity index (χ4v) is 4.31. The van der Waals surface area contributed by atoms with Crippen LogP contribution in [-0.2, 0) is 11.3 Å². The number of likely N-dealkylation sites (tertiary alicyclic amines) is 2. The van der Waals surface area contributed by atoms with E-state index >= 15 is 0 Å². The van der Waals surface area contributed by atoms with Crippen LogP contribution in [-0.4, -0.2) is 53.6 Å². The van der Waals surface area contributed by atoms with Crippen LogP contribution in [0.2, 0.25) is 0 Å². The van der Waals surface area contributed by atoms with Crippen LogP contribution < -0.4 is 0 Å². The molecule has 1 aromatic rings. The molecule has 23 heavy (non-hydrogen) atoms. The van der Waals surface area contributed by atoms with E-state index < -0.39 is 0 Å². The van der Waals surface area contributed by atoms with Crippen molar-refractivity contribution in [1.82, 2.24) is 9.80 Å². The molecule has 0 bridgehead atoms. The van der Waals surface area contributed by atoms with Crippen LogP contribution in [0.15, 0.2) is 30.3 Å². The number of hydrogen-bond acceptors (Lipinski definition) is 3. The van der Waals surface area contributed by atoms with Crippen LogP contribution in [0.25, 0.3) is 0 Å². The van der Waals surface area contributed by atoms with Crippen molar-refractivity contribution < 1.29 is 9.90 Å². The zero-order chi connectivity index (χ0) is 16.3. The monoisotopic (exact) mass is 316 g/mol. The summed E-state index contributed by atoms with van der Waals surface area (Å²) in [6, 6.07) is 10.6. The Morgan fingerprint density at radius 3 is 2.43 bits per heavy atom. The van der Waals surface area contributed by atoms with Gasteiger partial charge in [0, 0.05) is 39.1 Å². The van der Waals surface area contributed by atoms with E-state index in [1.54, 1.807) is 6.92 Å². The highest BCUT2D eigenvalue weighted by molar-refractivity contribution is 5.73. The molecule has 3 rings (SSSR count). The highest BCUT2D eigenvalue weighted by Gasteiger charge is 2.44. The first-order chi connectivity index (χ1) is 11.1. The Labute approximate surface area is 139 Å². The summed E-state index contributed by atoms with van der Waals surface area (Å²) in [5.74, 6) is 0.374. The van der Waals surface area contributed by atoms with E-state index in [2.05, 4.69) is 35.2 Å². The third kappa shape index (κ3) is 3.59. The van der Waals surface area contributed by atoms with Gasteiger partial charge < -0.3 is 10.0 Å². The van der Waals surface area contributed by atoms with E-state index in [0.29, 0.717) is 0 Å². The van der Waals surface area contributed by atoms with E-state index in [1.165, 1.54) is 5.56 Å². The van der Waals surface area contributed by atoms with E-state index in [4.69, 9.17) is 0 Å². The molecule has 0 saturated carbocycles. The molecule has 0 unspecified atom stereocenters. The Balaban J connectivity index is 1.59. The van der Waals surface area contributed by atoms with Crippen molar-refractivity contribution in [2.45, 2.75) is 32.7 Å². The first-order valence-corrected chi connectivity index (χ1v) is 8.76. The molecule has 0 radical (unpaired) electrons. The van der Waals surface area contributed by atoms with Crippen LogP contribution in [0.3, 0.4) is 0 Å². The van der Waals surface area contributed by atoms with Crippen molar-refractivity contribution in [1.29, 1.82) is 0 Å². The zero-order valence-electron chi connectivity index (χ0n) is 14.1. The van der Waals surface area contributed by atoms with Crippen molar-refractivity contribution in [2.75, 3.05) is 32.8 Å². The second-order valence-electron chi connectivity index (χ2n) is 7.22. The number of piperidine rings is 2. The zero-order valence-corrected chi connectivity index (χ0v) is 14.1. The van der Waals surface area contributed by atoms with Gasteiger partial charge in [-0.15, -0.1) is 0 Å². The molecule has 1 aromatic carbocycles. The molecular weight excluding hydrogens is 288 g/mol. The summed E-state index contributed by atoms with van der Waals surface area (Å²) in [7, 11) is 0. The second kappa shape index (κ2) is 7.02. The largest absolute Gasteiger partial charge is 0.396 e. The smallest absolute Gasteiger partial charge is 0.219 e. The van der Waals surface area contributed by atoms with Gasteiger partial charge in [0.2, 0.25) is 5.91 Å². The molecule has 0 aliphatic carbocycles. The summed E-state index contributed by atoms with van der Waals surface area (Å²) in [4.78, 5) is 16.0. The molecule has 1 spiro atoms. The van der Waals surface area contributed by atoms with Gasteiger partial charge in [-0.25, -0.2) is 0 Å². The number of hydrogen-bond donors (Lipinski definition) is 1. The lowest BCUT2D eigenvalue weighted by Crippen LogP contribution is -2.54. The first kappa shape index (κ1) is 16.5. The topological polar surface area (TPSA) is 43.8 Å². The molecule has 0 aromatic heterocycles. The Morgan fingerprint density at radius 1 is 1.17 bits per heavy atom. The number of carbonyl (C=O) groups excluding carboxylic acids is 1. The summed E-state index contributed by atoms with van der Waals surface area (Å²) in [6.45, 7) is 6.60. The molecule has 2 aliphatic rings. The fraction of sp³-hybridized carbons (Fsp3) is 0.632. The van der Waals surface area contributed by atoms with Crippen molar-refractivity contribution in [3.63, 3.8) is 0 Å². The SMILES string of the molecule is CC(=O)N1CCC2(CCN(Cc3ccccc3)CC2)[C@H](CO)C1. The maximum absolute atomic E-state index is 11.6. The highest BCUT2D eigenvalue weighted by Crippen LogP contribution is 2.45. The number of amides is 1. The molecule has 2 aliphatic heterocycles. The lowest BCUT2D eigenvalue weighted by molar-refractivity contribution is -0.135. The van der Waals surface area contributed by atoms with Crippen molar-refractivity contribution in [3.05, 3.63) is 35.9 Å². The molecular formula is C19H28N2O2. The summed E-state index contributed by atoms with van der Waals surface area (Å²) in [6.07, 6.45) is 3.31. The van der Waals surface area contributed by atoms with Crippen LogP contribution in [0, 0.1) is 11.3 Å². The number of aliphatic hydroxyl groups excluding tert-OH is 1. The van der Waals surface area contributed by atoms with Gasteiger partial charge in [-0.3, -0.25) is 9.69 Å². The van der Waals surface area contributed by atoms with Gasteiger partial charge in [-0.2, -0.15) is 0 Å². The predicted octanol–water partition coefficient (Wildman–Crippen LogP) is 2.13. The molecule has 4 heteroatoms. The van der Waals surface area contributed by atoms with E-state index in [9.17, 15) is 9.90 Å². The predicted molar refractivity (Wildman–Crippen MR) is 90.8 cm³/mol. The lowest BCUT2D eigenvalue weighted by Gasteiger charge is -2.51. The van der Waals surface area contributed by atoms with Gasteiger partial charge in [0.25, 0.3) is 0 Å². The standard InChI is InChI=1S/C19H28N2O2/c1-16(23)21-12-9-19(18(14-21)15-22)7-10-20(11-8-19)13-17-5-3-2-4-6-17/h2-6,18,22H,7-15H2,1H3/t18-/m0/s1. The van der Waals surface area contributed by atoms with Crippen LogP contribution in [0.5, 0.6) is 0 Å². The fourth-order valence-electron chi connectivity index (χ4n) is 4.31. The molecule has 4 nitrogen and oxygen atoms in total. The van der Waals surface area contributed by atoms with Crippen molar-refractivity contribution in [3.8, 4) is 0 Å². The number of benzene rings is 1. The summed E-state index contributed by atoms with van der Waals surface area (Å²) >= 11 is 0. The summed E-state index contributed by atoms with van der Waals surface area (Å²) < 4.78 is 0.